The summed E-state index contributed by atoms with van der Waals surface area (Å²) in [5.41, 5.74) is 3.35. The third-order valence-corrected chi connectivity index (χ3v) is 2.65. The molecule has 1 aromatic carbocycles. The number of benzene rings is 1. The van der Waals surface area contributed by atoms with Crippen molar-refractivity contribution in [2.75, 3.05) is 11.9 Å². The van der Waals surface area contributed by atoms with Crippen LogP contribution >= 0.6 is 0 Å². The largest absolute Gasteiger partial charge is 0.506 e. The monoisotopic (exact) mass is 228 g/mol. The van der Waals surface area contributed by atoms with Gasteiger partial charge < -0.3 is 10.0 Å². The fourth-order valence-corrected chi connectivity index (χ4v) is 1.71. The van der Waals surface area contributed by atoms with Crippen LogP contribution in [0.25, 0.3) is 0 Å². The van der Waals surface area contributed by atoms with Crippen molar-refractivity contribution in [3.8, 4) is 5.75 Å². The molecular weight excluding hydrogens is 212 g/mol. The number of hydrogen-bond acceptors (Lipinski definition) is 3. The highest BCUT2D eigenvalue weighted by Crippen LogP contribution is 2.16. The molecule has 1 N–H and O–H groups in total. The third-order valence-electron chi connectivity index (χ3n) is 2.65. The minimum absolute atomic E-state index is 0.201. The second kappa shape index (κ2) is 4.87. The van der Waals surface area contributed by atoms with Crippen LogP contribution < -0.4 is 4.90 Å². The minimum atomic E-state index is 0.201. The highest BCUT2D eigenvalue weighted by molar-refractivity contribution is 5.47. The Morgan fingerprint density at radius 3 is 2.71 bits per heavy atom. The van der Waals surface area contributed by atoms with E-state index in [1.54, 1.807) is 6.07 Å². The number of aryl methyl sites for hydroxylation is 1. The summed E-state index contributed by atoms with van der Waals surface area (Å²) < 4.78 is 0. The molecule has 3 heteroatoms. The van der Waals surface area contributed by atoms with Gasteiger partial charge in [0.2, 0.25) is 0 Å². The second-order valence-corrected chi connectivity index (χ2v) is 4.20. The Morgan fingerprint density at radius 2 is 2.06 bits per heavy atom. The summed E-state index contributed by atoms with van der Waals surface area (Å²) in [6, 6.07) is 11.8. The lowest BCUT2D eigenvalue weighted by molar-refractivity contribution is 0.472. The first kappa shape index (κ1) is 11.5. The molecule has 17 heavy (non-hydrogen) atoms. The lowest BCUT2D eigenvalue weighted by atomic mass is 10.2. The van der Waals surface area contributed by atoms with Gasteiger partial charge in [-0.05, 0) is 36.8 Å². The van der Waals surface area contributed by atoms with E-state index in [4.69, 9.17) is 5.11 Å². The van der Waals surface area contributed by atoms with Crippen LogP contribution in [0.4, 0.5) is 5.69 Å². The van der Waals surface area contributed by atoms with Crippen LogP contribution in [-0.4, -0.2) is 17.1 Å². The third kappa shape index (κ3) is 2.97. The van der Waals surface area contributed by atoms with Crippen molar-refractivity contribution in [2.24, 2.45) is 0 Å². The van der Waals surface area contributed by atoms with Crippen LogP contribution in [0.5, 0.6) is 5.75 Å². The maximum atomic E-state index is 9.17. The number of rotatable bonds is 3. The van der Waals surface area contributed by atoms with Gasteiger partial charge in [-0.25, -0.2) is 0 Å². The Labute approximate surface area is 101 Å². The van der Waals surface area contributed by atoms with E-state index in [2.05, 4.69) is 35.0 Å². The number of aromatic hydroxyl groups is 1. The summed E-state index contributed by atoms with van der Waals surface area (Å²) in [7, 11) is 2.03. The van der Waals surface area contributed by atoms with Crippen LogP contribution in [0.1, 0.15) is 11.3 Å². The van der Waals surface area contributed by atoms with Gasteiger partial charge in [-0.2, -0.15) is 0 Å². The van der Waals surface area contributed by atoms with E-state index >= 15 is 0 Å². The molecule has 1 aromatic heterocycles. The van der Waals surface area contributed by atoms with Gasteiger partial charge >= 0.3 is 0 Å². The molecule has 0 fully saturated rings. The summed E-state index contributed by atoms with van der Waals surface area (Å²) in [5, 5.41) is 9.17. The molecule has 3 nitrogen and oxygen atoms in total. The van der Waals surface area contributed by atoms with E-state index in [1.807, 2.05) is 19.2 Å². The Kier molecular flexibility index (Phi) is 3.28. The van der Waals surface area contributed by atoms with Gasteiger partial charge in [0.05, 0.1) is 18.4 Å². The first-order valence-corrected chi connectivity index (χ1v) is 5.57. The number of nitrogens with zero attached hydrogens (tertiary/aromatic N) is 2. The molecule has 0 spiro atoms. The number of anilines is 1. The van der Waals surface area contributed by atoms with E-state index in [-0.39, 0.29) is 5.75 Å². The zero-order valence-electron chi connectivity index (χ0n) is 10.1. The zero-order chi connectivity index (χ0) is 12.3. The molecule has 0 unspecified atom stereocenters. The average Bonchev–Trinajstić information content (AvgIpc) is 2.32. The van der Waals surface area contributed by atoms with Crippen molar-refractivity contribution in [2.45, 2.75) is 13.5 Å². The van der Waals surface area contributed by atoms with Gasteiger partial charge in [0.25, 0.3) is 0 Å². The molecule has 2 rings (SSSR count). The number of pyridine rings is 1. The summed E-state index contributed by atoms with van der Waals surface area (Å²) in [5.74, 6) is 0.201. The first-order chi connectivity index (χ1) is 8.15. The van der Waals surface area contributed by atoms with Crippen LogP contribution in [0.2, 0.25) is 0 Å². The van der Waals surface area contributed by atoms with Crippen LogP contribution in [0.15, 0.2) is 42.6 Å². The molecule has 0 atom stereocenters. The minimum Gasteiger partial charge on any atom is -0.506 e. The molecule has 0 aliphatic rings. The molecular formula is C14H16N2O. The number of hydrogen-bond donors (Lipinski definition) is 1. The standard InChI is InChI=1S/C14H16N2O/c1-11-4-3-5-13(8-11)16(2)10-12-6-7-14(17)9-15-12/h3-9,17H,10H2,1-2H3. The average molecular weight is 228 g/mol. The molecule has 0 saturated carbocycles. The maximum Gasteiger partial charge on any atom is 0.133 e. The Balaban J connectivity index is 2.11. The van der Waals surface area contributed by atoms with Crippen molar-refractivity contribution in [3.05, 3.63) is 53.9 Å². The topological polar surface area (TPSA) is 36.4 Å². The highest BCUT2D eigenvalue weighted by atomic mass is 16.3. The highest BCUT2D eigenvalue weighted by Gasteiger charge is 2.03. The molecule has 0 aliphatic heterocycles. The lowest BCUT2D eigenvalue weighted by Gasteiger charge is -2.19. The molecule has 0 bridgehead atoms. The first-order valence-electron chi connectivity index (χ1n) is 5.57. The summed E-state index contributed by atoms with van der Waals surface area (Å²) in [6.07, 6.45) is 1.47. The van der Waals surface area contributed by atoms with E-state index in [9.17, 15) is 0 Å². The fourth-order valence-electron chi connectivity index (χ4n) is 1.71. The van der Waals surface area contributed by atoms with Crippen molar-refractivity contribution in [1.82, 2.24) is 4.98 Å². The molecule has 0 amide bonds. The Morgan fingerprint density at radius 1 is 1.24 bits per heavy atom. The van der Waals surface area contributed by atoms with Gasteiger partial charge in [-0.3, -0.25) is 4.98 Å². The van der Waals surface area contributed by atoms with Gasteiger partial charge in [0.15, 0.2) is 0 Å². The van der Waals surface area contributed by atoms with Gasteiger partial charge in [0.1, 0.15) is 5.75 Å². The SMILES string of the molecule is Cc1cccc(N(C)Cc2ccc(O)cn2)c1. The van der Waals surface area contributed by atoms with E-state index < -0.39 is 0 Å². The normalized spacial score (nSPS) is 10.2. The van der Waals surface area contributed by atoms with Crippen molar-refractivity contribution in [1.29, 1.82) is 0 Å². The lowest BCUT2D eigenvalue weighted by Crippen LogP contribution is -2.17. The van der Waals surface area contributed by atoms with Crippen LogP contribution in [0.3, 0.4) is 0 Å². The smallest absolute Gasteiger partial charge is 0.133 e. The molecule has 2 aromatic rings. The quantitative estimate of drug-likeness (QED) is 0.877. The zero-order valence-corrected chi connectivity index (χ0v) is 10.1. The second-order valence-electron chi connectivity index (χ2n) is 4.20. The van der Waals surface area contributed by atoms with E-state index in [0.29, 0.717) is 0 Å². The van der Waals surface area contributed by atoms with Crippen molar-refractivity contribution < 1.29 is 5.11 Å². The van der Waals surface area contributed by atoms with Crippen molar-refractivity contribution in [3.63, 3.8) is 0 Å². The predicted octanol–water partition coefficient (Wildman–Crippen LogP) is 2.73. The van der Waals surface area contributed by atoms with Gasteiger partial charge in [-0.15, -0.1) is 0 Å². The molecule has 0 saturated heterocycles. The van der Waals surface area contributed by atoms with Crippen LogP contribution in [-0.2, 0) is 6.54 Å². The van der Waals surface area contributed by atoms with Crippen molar-refractivity contribution >= 4 is 5.69 Å². The summed E-state index contributed by atoms with van der Waals surface area (Å²) in [4.78, 5) is 6.31. The molecule has 88 valence electrons. The molecule has 0 aliphatic carbocycles. The fraction of sp³-hybridized carbons (Fsp3) is 0.214. The summed E-state index contributed by atoms with van der Waals surface area (Å²) in [6.45, 7) is 2.81. The number of aromatic nitrogens is 1. The predicted molar refractivity (Wildman–Crippen MR) is 69.2 cm³/mol. The Bertz CT molecular complexity index is 494. The van der Waals surface area contributed by atoms with Gasteiger partial charge in [-0.1, -0.05) is 12.1 Å². The Hall–Kier alpha value is -2.03. The maximum absolute atomic E-state index is 9.17. The molecule has 0 radical (unpaired) electrons. The van der Waals surface area contributed by atoms with Crippen LogP contribution in [0, 0.1) is 6.92 Å². The van der Waals surface area contributed by atoms with Gasteiger partial charge in [0, 0.05) is 12.7 Å². The summed E-state index contributed by atoms with van der Waals surface area (Å²) >= 11 is 0. The molecule has 1 heterocycles. The van der Waals surface area contributed by atoms with E-state index in [1.165, 1.54) is 17.4 Å². The van der Waals surface area contributed by atoms with E-state index in [0.717, 1.165) is 12.2 Å².